The summed E-state index contributed by atoms with van der Waals surface area (Å²) >= 11 is 7.05. The molecule has 0 spiro atoms. The average Bonchev–Trinajstić information content (AvgIpc) is 2.42. The summed E-state index contributed by atoms with van der Waals surface area (Å²) in [5.41, 5.74) is 0.792. The number of rotatable bonds is 5. The molecule has 2 rings (SSSR count). The molecule has 0 unspecified atom stereocenters. The fourth-order valence-electron chi connectivity index (χ4n) is 1.69. The highest BCUT2D eigenvalue weighted by Crippen LogP contribution is 2.27. The molecule has 2 nitrogen and oxygen atoms in total. The van der Waals surface area contributed by atoms with Gasteiger partial charge >= 0.3 is 5.97 Å². The van der Waals surface area contributed by atoms with E-state index in [9.17, 15) is 14.3 Å². The molecule has 5 heteroatoms. The highest BCUT2D eigenvalue weighted by atomic mass is 35.5. The lowest BCUT2D eigenvalue weighted by Gasteiger charge is -2.12. The van der Waals surface area contributed by atoms with Crippen molar-refractivity contribution >= 4 is 29.3 Å². The number of hydrogen-bond donors (Lipinski definition) is 1. The van der Waals surface area contributed by atoms with Crippen LogP contribution in [0.2, 0.25) is 5.02 Å². The van der Waals surface area contributed by atoms with Gasteiger partial charge in [0.05, 0.1) is 0 Å². The Morgan fingerprint density at radius 1 is 1.15 bits per heavy atom. The molecule has 104 valence electrons. The summed E-state index contributed by atoms with van der Waals surface area (Å²) in [5, 5.41) is 9.27. The molecule has 0 saturated heterocycles. The fraction of sp³-hybridized carbons (Fsp3) is 0.133. The van der Waals surface area contributed by atoms with Crippen molar-refractivity contribution in [3.8, 4) is 0 Å². The zero-order valence-electron chi connectivity index (χ0n) is 10.4. The molecular formula is C15H12ClFO2S. The minimum absolute atomic E-state index is 0.328. The van der Waals surface area contributed by atoms with E-state index < -0.39 is 11.2 Å². The number of thioether (sulfide) groups is 1. The number of carbonyl (C=O) groups is 1. The first kappa shape index (κ1) is 14.9. The van der Waals surface area contributed by atoms with Crippen LogP contribution in [0.25, 0.3) is 0 Å². The van der Waals surface area contributed by atoms with E-state index in [-0.39, 0.29) is 5.82 Å². The van der Waals surface area contributed by atoms with Crippen LogP contribution in [0.5, 0.6) is 0 Å². The van der Waals surface area contributed by atoms with Crippen molar-refractivity contribution in [1.82, 2.24) is 0 Å². The van der Waals surface area contributed by atoms with E-state index in [1.807, 2.05) is 0 Å². The Morgan fingerprint density at radius 2 is 1.75 bits per heavy atom. The van der Waals surface area contributed by atoms with Crippen LogP contribution < -0.4 is 0 Å². The first-order valence-electron chi connectivity index (χ1n) is 5.94. The van der Waals surface area contributed by atoms with Gasteiger partial charge in [0, 0.05) is 9.92 Å². The monoisotopic (exact) mass is 310 g/mol. The molecule has 0 aliphatic rings. The molecule has 2 aromatic rings. The van der Waals surface area contributed by atoms with Crippen LogP contribution in [0, 0.1) is 5.82 Å². The predicted molar refractivity (Wildman–Crippen MR) is 78.8 cm³/mol. The van der Waals surface area contributed by atoms with Gasteiger partial charge in [0.25, 0.3) is 0 Å². The first-order valence-corrected chi connectivity index (χ1v) is 7.20. The van der Waals surface area contributed by atoms with Gasteiger partial charge < -0.3 is 5.11 Å². The van der Waals surface area contributed by atoms with Gasteiger partial charge in [-0.3, -0.25) is 4.79 Å². The van der Waals surface area contributed by atoms with E-state index in [1.54, 1.807) is 36.4 Å². The second kappa shape index (κ2) is 6.77. The third-order valence-corrected chi connectivity index (χ3v) is 4.15. The van der Waals surface area contributed by atoms with Crippen LogP contribution in [0.15, 0.2) is 53.4 Å². The van der Waals surface area contributed by atoms with E-state index in [4.69, 9.17) is 11.6 Å². The SMILES string of the molecule is O=C(O)[C@H](Cc1ccc(F)cc1)Sc1ccc(Cl)cc1. The molecule has 1 N–H and O–H groups in total. The van der Waals surface area contributed by atoms with Gasteiger partial charge in [-0.15, -0.1) is 11.8 Å². The number of carboxylic acid groups (broad SMARTS) is 1. The van der Waals surface area contributed by atoms with E-state index in [0.717, 1.165) is 10.5 Å². The zero-order chi connectivity index (χ0) is 14.5. The highest BCUT2D eigenvalue weighted by molar-refractivity contribution is 8.00. The maximum absolute atomic E-state index is 12.8. The minimum atomic E-state index is -0.894. The standard InChI is InChI=1S/C15H12ClFO2S/c16-11-3-7-13(8-4-11)20-14(15(18)19)9-10-1-5-12(17)6-2-10/h1-8,14H,9H2,(H,18,19)/t14-/m0/s1. The average molecular weight is 311 g/mol. The van der Waals surface area contributed by atoms with Gasteiger partial charge in [0.15, 0.2) is 0 Å². The van der Waals surface area contributed by atoms with Gasteiger partial charge in [-0.2, -0.15) is 0 Å². The lowest BCUT2D eigenvalue weighted by Crippen LogP contribution is -2.19. The van der Waals surface area contributed by atoms with Gasteiger partial charge in [-0.25, -0.2) is 4.39 Å². The van der Waals surface area contributed by atoms with Crippen molar-refractivity contribution in [1.29, 1.82) is 0 Å². The van der Waals surface area contributed by atoms with Crippen molar-refractivity contribution in [2.45, 2.75) is 16.6 Å². The molecule has 0 saturated carbocycles. The van der Waals surface area contributed by atoms with Crippen LogP contribution >= 0.6 is 23.4 Å². The minimum Gasteiger partial charge on any atom is -0.480 e. The molecule has 2 aromatic carbocycles. The topological polar surface area (TPSA) is 37.3 Å². The van der Waals surface area contributed by atoms with Crippen LogP contribution in [0.3, 0.4) is 0 Å². The molecule has 1 atom stereocenters. The summed E-state index contributed by atoms with van der Waals surface area (Å²) in [5.74, 6) is -1.22. The predicted octanol–water partition coefficient (Wildman–Crippen LogP) is 4.27. The summed E-state index contributed by atoms with van der Waals surface area (Å²) in [6, 6.07) is 12.9. The van der Waals surface area contributed by atoms with Gasteiger partial charge in [0.1, 0.15) is 11.1 Å². The van der Waals surface area contributed by atoms with E-state index in [2.05, 4.69) is 0 Å². The van der Waals surface area contributed by atoms with Crippen molar-refractivity contribution in [2.75, 3.05) is 0 Å². The molecule has 0 heterocycles. The summed E-state index contributed by atoms with van der Waals surface area (Å²) < 4.78 is 12.8. The lowest BCUT2D eigenvalue weighted by molar-refractivity contribution is -0.136. The van der Waals surface area contributed by atoms with Crippen LogP contribution in [0.4, 0.5) is 4.39 Å². The summed E-state index contributed by atoms with van der Waals surface area (Å²) in [4.78, 5) is 12.2. The molecule has 20 heavy (non-hydrogen) atoms. The maximum atomic E-state index is 12.8. The highest BCUT2D eigenvalue weighted by Gasteiger charge is 2.19. The number of aliphatic carboxylic acids is 1. The van der Waals surface area contributed by atoms with Gasteiger partial charge in [-0.05, 0) is 48.4 Å². The Hall–Kier alpha value is -1.52. The normalized spacial score (nSPS) is 12.1. The molecule has 0 aliphatic carbocycles. The van der Waals surface area contributed by atoms with Crippen molar-refractivity contribution in [3.63, 3.8) is 0 Å². The largest absolute Gasteiger partial charge is 0.480 e. The maximum Gasteiger partial charge on any atom is 0.317 e. The molecule has 0 aromatic heterocycles. The molecule has 0 aliphatic heterocycles. The first-order chi connectivity index (χ1) is 9.54. The Bertz CT molecular complexity index is 536. The lowest BCUT2D eigenvalue weighted by atomic mass is 10.1. The zero-order valence-corrected chi connectivity index (χ0v) is 12.0. The Balaban J connectivity index is 2.09. The van der Waals surface area contributed by atoms with Crippen LogP contribution in [-0.2, 0) is 11.2 Å². The number of halogens is 2. The number of carboxylic acids is 1. The van der Waals surface area contributed by atoms with Crippen LogP contribution in [0.1, 0.15) is 5.56 Å². The summed E-state index contributed by atoms with van der Waals surface area (Å²) in [7, 11) is 0. The second-order valence-electron chi connectivity index (χ2n) is 4.23. The molecular weight excluding hydrogens is 299 g/mol. The Morgan fingerprint density at radius 3 is 2.30 bits per heavy atom. The van der Waals surface area contributed by atoms with Crippen molar-refractivity contribution in [2.24, 2.45) is 0 Å². The third kappa shape index (κ3) is 4.25. The Labute approximate surface area is 125 Å². The third-order valence-electron chi connectivity index (χ3n) is 2.70. The smallest absolute Gasteiger partial charge is 0.317 e. The molecule has 0 radical (unpaired) electrons. The molecule has 0 bridgehead atoms. The molecule has 0 amide bonds. The molecule has 0 fully saturated rings. The fourth-order valence-corrected chi connectivity index (χ4v) is 2.82. The Kier molecular flexibility index (Phi) is 5.04. The van der Waals surface area contributed by atoms with Crippen molar-refractivity contribution < 1.29 is 14.3 Å². The van der Waals surface area contributed by atoms with Gasteiger partial charge in [0.2, 0.25) is 0 Å². The quantitative estimate of drug-likeness (QED) is 0.838. The second-order valence-corrected chi connectivity index (χ2v) is 5.94. The van der Waals surface area contributed by atoms with E-state index >= 15 is 0 Å². The summed E-state index contributed by atoms with van der Waals surface area (Å²) in [6.07, 6.45) is 0.336. The number of hydrogen-bond acceptors (Lipinski definition) is 2. The number of benzene rings is 2. The van der Waals surface area contributed by atoms with E-state index in [0.29, 0.717) is 11.4 Å². The van der Waals surface area contributed by atoms with Crippen molar-refractivity contribution in [3.05, 3.63) is 64.9 Å². The van der Waals surface area contributed by atoms with Gasteiger partial charge in [-0.1, -0.05) is 23.7 Å². The van der Waals surface area contributed by atoms with E-state index in [1.165, 1.54) is 23.9 Å². The van der Waals surface area contributed by atoms with Crippen LogP contribution in [-0.4, -0.2) is 16.3 Å². The summed E-state index contributed by atoms with van der Waals surface area (Å²) in [6.45, 7) is 0.